The standard InChI is InChI=1S/C14H20OSi/c1-2-16(14-10-6-7-11-15-14)12-13-8-4-3-5-9-13/h2-5,8-9,14,16H,1,6-7,10-12H2. The summed E-state index contributed by atoms with van der Waals surface area (Å²) in [4.78, 5) is 0. The van der Waals surface area contributed by atoms with Gasteiger partial charge < -0.3 is 4.74 Å². The van der Waals surface area contributed by atoms with E-state index in [-0.39, 0.29) is 0 Å². The molecule has 1 aromatic carbocycles. The Morgan fingerprint density at radius 3 is 2.75 bits per heavy atom. The molecule has 16 heavy (non-hydrogen) atoms. The van der Waals surface area contributed by atoms with Crippen molar-refractivity contribution in [1.29, 1.82) is 0 Å². The third kappa shape index (κ3) is 3.06. The molecular formula is C14H20OSi. The second-order valence-corrected chi connectivity index (χ2v) is 7.45. The first-order chi connectivity index (χ1) is 7.90. The molecule has 2 heteroatoms. The Morgan fingerprint density at radius 2 is 2.12 bits per heavy atom. The van der Waals surface area contributed by atoms with Crippen molar-refractivity contribution >= 4 is 8.80 Å². The smallest absolute Gasteiger partial charge is 0.0986 e. The van der Waals surface area contributed by atoms with Crippen LogP contribution in [0.3, 0.4) is 0 Å². The Labute approximate surface area is 99.7 Å². The number of hydrogen-bond acceptors (Lipinski definition) is 1. The van der Waals surface area contributed by atoms with Gasteiger partial charge in [0.05, 0.1) is 8.80 Å². The lowest BCUT2D eigenvalue weighted by molar-refractivity contribution is 0.0630. The van der Waals surface area contributed by atoms with Gasteiger partial charge in [0.1, 0.15) is 0 Å². The molecule has 0 saturated carbocycles. The predicted octanol–water partition coefficient (Wildman–Crippen LogP) is 2.83. The predicted molar refractivity (Wildman–Crippen MR) is 71.1 cm³/mol. The summed E-state index contributed by atoms with van der Waals surface area (Å²) < 4.78 is 5.89. The van der Waals surface area contributed by atoms with E-state index in [2.05, 4.69) is 42.6 Å². The molecule has 0 aromatic heterocycles. The van der Waals surface area contributed by atoms with Crippen molar-refractivity contribution < 1.29 is 4.74 Å². The summed E-state index contributed by atoms with van der Waals surface area (Å²) in [6.45, 7) is 4.97. The molecule has 0 N–H and O–H groups in total. The lowest BCUT2D eigenvalue weighted by Crippen LogP contribution is -2.36. The molecule has 1 aliphatic heterocycles. The molecule has 0 radical (unpaired) electrons. The molecule has 1 aromatic rings. The maximum Gasteiger partial charge on any atom is 0.0986 e. The summed E-state index contributed by atoms with van der Waals surface area (Å²) in [6, 6.07) is 11.9. The number of ether oxygens (including phenoxy) is 1. The molecule has 2 rings (SSSR count). The van der Waals surface area contributed by atoms with Gasteiger partial charge in [-0.05, 0) is 25.3 Å². The van der Waals surface area contributed by atoms with Crippen LogP contribution in [-0.4, -0.2) is 21.1 Å². The van der Waals surface area contributed by atoms with Gasteiger partial charge in [0.2, 0.25) is 0 Å². The quantitative estimate of drug-likeness (QED) is 0.725. The van der Waals surface area contributed by atoms with Gasteiger partial charge in [-0.15, -0.1) is 12.3 Å². The monoisotopic (exact) mass is 232 g/mol. The minimum Gasteiger partial charge on any atom is -0.382 e. The van der Waals surface area contributed by atoms with Crippen molar-refractivity contribution in [2.24, 2.45) is 0 Å². The number of benzene rings is 1. The van der Waals surface area contributed by atoms with Crippen molar-refractivity contribution in [2.45, 2.75) is 31.0 Å². The van der Waals surface area contributed by atoms with Crippen molar-refractivity contribution in [3.05, 3.63) is 48.2 Å². The summed E-state index contributed by atoms with van der Waals surface area (Å²) in [7, 11) is -0.979. The summed E-state index contributed by atoms with van der Waals surface area (Å²) in [5.41, 5.74) is 4.16. The zero-order chi connectivity index (χ0) is 11.2. The van der Waals surface area contributed by atoms with Gasteiger partial charge in [-0.3, -0.25) is 0 Å². The van der Waals surface area contributed by atoms with Crippen LogP contribution in [0.2, 0.25) is 0 Å². The molecule has 0 amide bonds. The lowest BCUT2D eigenvalue weighted by Gasteiger charge is -2.27. The van der Waals surface area contributed by atoms with Crippen LogP contribution >= 0.6 is 0 Å². The molecular weight excluding hydrogens is 212 g/mol. The van der Waals surface area contributed by atoms with E-state index in [0.29, 0.717) is 5.73 Å². The molecule has 0 aliphatic carbocycles. The normalized spacial score (nSPS) is 22.6. The van der Waals surface area contributed by atoms with Crippen LogP contribution in [0.25, 0.3) is 0 Å². The third-order valence-corrected chi connectivity index (χ3v) is 6.34. The van der Waals surface area contributed by atoms with E-state index in [4.69, 9.17) is 4.74 Å². The average molecular weight is 232 g/mol. The minimum absolute atomic E-state index is 0.520. The Bertz CT molecular complexity index is 317. The fraction of sp³-hybridized carbons (Fsp3) is 0.429. The van der Waals surface area contributed by atoms with Crippen LogP contribution in [0.1, 0.15) is 24.8 Å². The summed E-state index contributed by atoms with van der Waals surface area (Å²) >= 11 is 0. The molecule has 1 fully saturated rings. The Morgan fingerprint density at radius 1 is 1.31 bits per heavy atom. The van der Waals surface area contributed by atoms with Crippen molar-refractivity contribution in [1.82, 2.24) is 0 Å². The second kappa shape index (κ2) is 6.02. The van der Waals surface area contributed by atoms with Gasteiger partial charge in [0, 0.05) is 12.3 Å². The first kappa shape index (κ1) is 11.6. The first-order valence-corrected chi connectivity index (χ1v) is 8.33. The second-order valence-electron chi connectivity index (χ2n) is 4.49. The average Bonchev–Trinajstić information content (AvgIpc) is 2.38. The van der Waals surface area contributed by atoms with Gasteiger partial charge in [0.25, 0.3) is 0 Å². The van der Waals surface area contributed by atoms with E-state index >= 15 is 0 Å². The van der Waals surface area contributed by atoms with Gasteiger partial charge in [-0.1, -0.05) is 35.9 Å². The van der Waals surface area contributed by atoms with Crippen LogP contribution in [0.15, 0.2) is 42.6 Å². The van der Waals surface area contributed by atoms with E-state index < -0.39 is 8.80 Å². The van der Waals surface area contributed by atoms with Crippen LogP contribution in [0.5, 0.6) is 0 Å². The first-order valence-electron chi connectivity index (χ1n) is 6.18. The fourth-order valence-corrected chi connectivity index (χ4v) is 4.95. The van der Waals surface area contributed by atoms with Crippen LogP contribution in [0, 0.1) is 0 Å². The van der Waals surface area contributed by atoms with Crippen molar-refractivity contribution in [3.63, 3.8) is 0 Å². The number of rotatable bonds is 4. The van der Waals surface area contributed by atoms with Crippen LogP contribution < -0.4 is 0 Å². The molecule has 1 aliphatic rings. The Balaban J connectivity index is 1.97. The van der Waals surface area contributed by atoms with E-state index in [9.17, 15) is 0 Å². The molecule has 2 unspecified atom stereocenters. The third-order valence-electron chi connectivity index (χ3n) is 3.31. The summed E-state index contributed by atoms with van der Waals surface area (Å²) in [5, 5.41) is 0. The van der Waals surface area contributed by atoms with Gasteiger partial charge in [-0.25, -0.2) is 0 Å². The summed E-state index contributed by atoms with van der Waals surface area (Å²) in [5.74, 6) is 0. The molecule has 0 bridgehead atoms. The molecule has 1 nitrogen and oxygen atoms in total. The highest BCUT2D eigenvalue weighted by atomic mass is 28.3. The highest BCUT2D eigenvalue weighted by Gasteiger charge is 2.23. The van der Waals surface area contributed by atoms with Gasteiger partial charge in [-0.2, -0.15) is 0 Å². The fourth-order valence-electron chi connectivity index (χ4n) is 2.36. The SMILES string of the molecule is C=C[SiH](Cc1ccccc1)C1CCCCO1. The minimum atomic E-state index is -0.979. The molecule has 1 saturated heterocycles. The highest BCUT2D eigenvalue weighted by Crippen LogP contribution is 2.18. The highest BCUT2D eigenvalue weighted by molar-refractivity contribution is 6.65. The van der Waals surface area contributed by atoms with Gasteiger partial charge in [0.15, 0.2) is 0 Å². The Hall–Kier alpha value is -0.863. The zero-order valence-corrected chi connectivity index (χ0v) is 10.9. The number of hydrogen-bond donors (Lipinski definition) is 0. The van der Waals surface area contributed by atoms with E-state index in [1.807, 2.05) is 0 Å². The van der Waals surface area contributed by atoms with E-state index in [0.717, 1.165) is 6.61 Å². The van der Waals surface area contributed by atoms with Crippen molar-refractivity contribution in [3.8, 4) is 0 Å². The molecule has 86 valence electrons. The summed E-state index contributed by atoms with van der Waals surface area (Å²) in [6.07, 6.45) is 3.81. The van der Waals surface area contributed by atoms with E-state index in [1.165, 1.54) is 30.9 Å². The van der Waals surface area contributed by atoms with Gasteiger partial charge >= 0.3 is 0 Å². The maximum atomic E-state index is 5.89. The zero-order valence-electron chi connectivity index (χ0n) is 9.77. The van der Waals surface area contributed by atoms with Crippen LogP contribution in [0.4, 0.5) is 0 Å². The molecule has 0 spiro atoms. The maximum absolute atomic E-state index is 5.89. The van der Waals surface area contributed by atoms with Crippen LogP contribution in [-0.2, 0) is 10.8 Å². The van der Waals surface area contributed by atoms with Crippen molar-refractivity contribution in [2.75, 3.05) is 6.61 Å². The topological polar surface area (TPSA) is 9.23 Å². The largest absolute Gasteiger partial charge is 0.382 e. The Kier molecular flexibility index (Phi) is 4.37. The lowest BCUT2D eigenvalue weighted by atomic mass is 10.2. The molecule has 1 heterocycles. The van der Waals surface area contributed by atoms with E-state index in [1.54, 1.807) is 0 Å². The molecule has 2 atom stereocenters.